The van der Waals surface area contributed by atoms with Crippen LogP contribution in [0.4, 0.5) is 5.69 Å². The molecule has 13 bridgehead atoms. The Kier molecular flexibility index (Phi) is 21.7. The molecule has 0 unspecified atom stereocenters. The van der Waals surface area contributed by atoms with Crippen molar-refractivity contribution in [3.63, 3.8) is 0 Å². The molecule has 13 rings (SSSR count). The Bertz CT molecular complexity index is 4090. The van der Waals surface area contributed by atoms with E-state index in [0.717, 1.165) is 76.7 Å². The van der Waals surface area contributed by atoms with Crippen molar-refractivity contribution in [2.45, 2.75) is 152 Å². The lowest BCUT2D eigenvalue weighted by Crippen LogP contribution is -2.40. The van der Waals surface area contributed by atoms with Crippen LogP contribution in [0.1, 0.15) is 146 Å². The number of ketones is 2. The molecule has 16 heteroatoms. The number of fused-ring (bicyclic) bond motifs is 15. The Balaban J connectivity index is 1.05. The Morgan fingerprint density at radius 3 is 2.35 bits per heavy atom. The fourth-order valence-electron chi connectivity index (χ4n) is 18.5. The first-order valence-corrected chi connectivity index (χ1v) is 36.4. The first-order valence-electron chi connectivity index (χ1n) is 36.4. The molecule has 2 aliphatic heterocycles. The number of aromatic amines is 1. The number of methoxy groups -OCH3 is 1. The van der Waals surface area contributed by atoms with Crippen LogP contribution in [0.5, 0.6) is 23.0 Å². The number of ether oxygens (including phenoxy) is 1. The van der Waals surface area contributed by atoms with Gasteiger partial charge in [0, 0.05) is 104 Å². The second-order valence-electron chi connectivity index (χ2n) is 30.0. The number of β-amino-alcohol motifs (C(OH)–C–C–N with tert-alkyl or cyclic N) is 1. The summed E-state index contributed by atoms with van der Waals surface area (Å²) in [6.07, 6.45) is 10.1. The molecule has 3 fully saturated rings. The predicted octanol–water partition coefficient (Wildman–Crippen LogP) is 10.6. The molecule has 0 radical (unpaired) electrons. The fraction of sp³-hybridized carbons (Fsp3) is 0.494. The third-order valence-electron chi connectivity index (χ3n) is 23.7. The van der Waals surface area contributed by atoms with E-state index in [-0.39, 0.29) is 90.1 Å². The smallest absolute Gasteiger partial charge is 0.173 e. The van der Waals surface area contributed by atoms with Crippen molar-refractivity contribution in [1.29, 1.82) is 0 Å². The van der Waals surface area contributed by atoms with Gasteiger partial charge in [-0.2, -0.15) is 0 Å². The quantitative estimate of drug-likeness (QED) is 0.0365. The molecule has 7 aliphatic rings. The molecule has 0 spiro atoms. The lowest BCUT2D eigenvalue weighted by Gasteiger charge is -2.42. The second-order valence-corrected chi connectivity index (χ2v) is 30.0. The number of anilines is 1. The first kappa shape index (κ1) is 69.6. The van der Waals surface area contributed by atoms with Crippen molar-refractivity contribution in [1.82, 2.24) is 20.9 Å². The summed E-state index contributed by atoms with van der Waals surface area (Å²) in [6.45, 7) is 3.87. The summed E-state index contributed by atoms with van der Waals surface area (Å²) >= 11 is 0. The van der Waals surface area contributed by atoms with Gasteiger partial charge >= 0.3 is 0 Å². The van der Waals surface area contributed by atoms with Gasteiger partial charge in [0.1, 0.15) is 17.3 Å². The van der Waals surface area contributed by atoms with Gasteiger partial charge in [-0.15, -0.1) is 0 Å². The molecule has 16 nitrogen and oxygen atoms in total. The largest absolute Gasteiger partial charge is 0.508 e. The van der Waals surface area contributed by atoms with Gasteiger partial charge in [-0.05, 0) is 198 Å². The third kappa shape index (κ3) is 15.5. The number of nitrogens with one attached hydrogen (secondary N) is 5. The number of Topliss-reactive ketones (excluding diaryl/α,β-unsaturated/α-hetero) is 2. The SMILES string of the molecule is CNC[C@H]1C#C[C@H]2C[C@@H](C[C@@H](C(O)O)[C@@H]2Cc2cccc(O)c2)c2ccccc2[C@H]2C#C[C@H]3C[C@@H]4C[C@@H](C[C@H]3C(=O)[C@@H](O)C(=O)CCc3cc(OC)c(O)cc32)[C@H](CCC2CCCC2)[C@H](O)Cc2cc(c[nH]2)[C@H](C)CNC[C@H](O)Cc2ccc3ccc(cc3c2O)NC2=CC(=CCN2)[C@H]41. The number of aromatic hydroxyl groups is 3. The van der Waals surface area contributed by atoms with E-state index in [9.17, 15) is 45.6 Å². The van der Waals surface area contributed by atoms with Gasteiger partial charge in [-0.3, -0.25) is 9.59 Å². The number of aryl methyl sites for hydroxylation is 1. The molecule has 522 valence electrons. The van der Waals surface area contributed by atoms with Crippen molar-refractivity contribution in [2.24, 2.45) is 65.1 Å². The van der Waals surface area contributed by atoms with E-state index >= 15 is 4.79 Å². The summed E-state index contributed by atoms with van der Waals surface area (Å²) in [5.41, 5.74) is 8.18. The van der Waals surface area contributed by atoms with E-state index in [1.165, 1.54) is 7.11 Å². The molecule has 6 aromatic rings. The van der Waals surface area contributed by atoms with Crippen molar-refractivity contribution in [2.75, 3.05) is 45.7 Å². The van der Waals surface area contributed by atoms with Crippen molar-refractivity contribution < 1.29 is 55.2 Å². The molecule has 13 N–H and O–H groups in total. The van der Waals surface area contributed by atoms with Crippen LogP contribution in [-0.4, -0.2) is 122 Å². The van der Waals surface area contributed by atoms with Crippen molar-refractivity contribution in [3.8, 4) is 46.7 Å². The molecule has 3 heterocycles. The number of aliphatic hydroxyl groups is 5. The lowest BCUT2D eigenvalue weighted by atomic mass is 9.63. The van der Waals surface area contributed by atoms with Crippen LogP contribution in [-0.2, 0) is 35.3 Å². The highest BCUT2D eigenvalue weighted by atomic mass is 16.5. The minimum Gasteiger partial charge on any atom is -0.508 e. The number of H-pyrrole nitrogens is 1. The number of rotatable bonds is 9. The Morgan fingerprint density at radius 2 is 1.56 bits per heavy atom. The highest BCUT2D eigenvalue weighted by Crippen LogP contribution is 2.52. The molecule has 5 aliphatic carbocycles. The Hall–Kier alpha value is -7.90. The number of hydrogen-bond acceptors (Lipinski definition) is 15. The zero-order valence-electron chi connectivity index (χ0n) is 57.3. The van der Waals surface area contributed by atoms with Crippen LogP contribution in [0.15, 0.2) is 127 Å². The maximum atomic E-state index is 16.0. The number of allylic oxidation sites excluding steroid dienone is 2. The fourth-order valence-corrected chi connectivity index (χ4v) is 18.5. The zero-order valence-corrected chi connectivity index (χ0v) is 57.3. The monoisotopic (exact) mass is 1340 g/mol. The van der Waals surface area contributed by atoms with Crippen LogP contribution in [0.25, 0.3) is 10.8 Å². The molecule has 99 heavy (non-hydrogen) atoms. The van der Waals surface area contributed by atoms with Gasteiger partial charge in [0.05, 0.1) is 25.2 Å². The molecular weight excluding hydrogens is 1240 g/mol. The number of aromatic nitrogens is 1. The van der Waals surface area contributed by atoms with Gasteiger partial charge in [0.2, 0.25) is 0 Å². The summed E-state index contributed by atoms with van der Waals surface area (Å²) < 4.78 is 5.73. The topological polar surface area (TPSA) is 269 Å². The average molecular weight is 1340 g/mol. The molecule has 5 aromatic carbocycles. The van der Waals surface area contributed by atoms with Gasteiger partial charge in [-0.25, -0.2) is 0 Å². The molecular formula is C83H99N5O11. The minimum absolute atomic E-state index is 0.0351. The van der Waals surface area contributed by atoms with Gasteiger partial charge in [0.15, 0.2) is 35.5 Å². The first-order chi connectivity index (χ1) is 48.0. The average Bonchev–Trinajstić information content (AvgIpc) is 1.72. The zero-order chi connectivity index (χ0) is 69.0. The van der Waals surface area contributed by atoms with Crippen LogP contribution in [0.3, 0.4) is 0 Å². The van der Waals surface area contributed by atoms with E-state index in [4.69, 9.17) is 4.74 Å². The highest BCUT2D eigenvalue weighted by molar-refractivity contribution is 6.06. The molecule has 3 saturated carbocycles. The standard InChI is InChI=1S/C83H99N5O11/c1-47-43-85-46-64(90)35-55-18-16-50-20-23-61(40-72(50)80(55)94)88-78-39-54(27-28-86-78)79-56(44-84-2)19-17-51-31-57(37-73(83(97)98)69(51)30-49-11-8-12-63(89)29-49)65-13-6-7-14-67(65)68-25-21-52-32-59(79)33-58(66(24-15-48-9-4-5-10-48)75(92)41-62-34-60(47)45-87-62)36-71(52)81(95)82(96)74(91)26-22-53-38-77(99-3)76(93)42-70(53)68/h6-8,11-14,16,18,20,23,27,29,34,38-40,42,45,47-48,51-52,56-59,64,66,68-69,71,73,75,79,82-90,92-94,96-98H,4-5,9-10,15,22,24,26,28,30-33,35-37,41,43-44,46H2,1-3H3/t47-,51+,52+,56-,57+,58+,59-,64-,66+,68-,69-,71-,73-,75-,79+,82+/m1/s1. The van der Waals surface area contributed by atoms with Crippen LogP contribution < -0.4 is 26.0 Å². The summed E-state index contributed by atoms with van der Waals surface area (Å²) in [6, 6.07) is 30.5. The van der Waals surface area contributed by atoms with Crippen LogP contribution in [0, 0.1) is 88.8 Å². The predicted molar refractivity (Wildman–Crippen MR) is 384 cm³/mol. The Labute approximate surface area is 582 Å². The molecule has 16 atom stereocenters. The van der Waals surface area contributed by atoms with E-state index in [1.807, 2.05) is 67.8 Å². The maximum absolute atomic E-state index is 16.0. The molecule has 0 saturated heterocycles. The second kappa shape index (κ2) is 30.9. The molecule has 0 amide bonds. The number of hydrogen-bond donors (Lipinski definition) is 13. The highest BCUT2D eigenvalue weighted by Gasteiger charge is 2.48. The van der Waals surface area contributed by atoms with E-state index < -0.39 is 71.7 Å². The maximum Gasteiger partial charge on any atom is 0.173 e. The van der Waals surface area contributed by atoms with E-state index in [1.54, 1.807) is 24.3 Å². The van der Waals surface area contributed by atoms with E-state index in [2.05, 4.69) is 87.2 Å². The number of phenolic OH excluding ortho intramolecular Hbond substituents is 3. The van der Waals surface area contributed by atoms with Crippen molar-refractivity contribution in [3.05, 3.63) is 171 Å². The number of benzene rings is 5. The molecule has 1 aromatic heterocycles. The summed E-state index contributed by atoms with van der Waals surface area (Å²) in [7, 11) is 3.40. The summed E-state index contributed by atoms with van der Waals surface area (Å²) in [5, 5.41) is 111. The minimum atomic E-state index is -1.95. The summed E-state index contributed by atoms with van der Waals surface area (Å²) in [5.74, 6) is 9.99. The Morgan fingerprint density at radius 1 is 0.747 bits per heavy atom. The normalized spacial score (nSPS) is 30.0. The third-order valence-corrected chi connectivity index (χ3v) is 23.7. The van der Waals surface area contributed by atoms with Crippen LogP contribution >= 0.6 is 0 Å². The number of carbonyl (C=O) groups excluding carboxylic acids is 2. The number of dihydropyridines is 1. The van der Waals surface area contributed by atoms with E-state index in [0.29, 0.717) is 105 Å². The van der Waals surface area contributed by atoms with Gasteiger partial charge in [-0.1, -0.05) is 123 Å². The van der Waals surface area contributed by atoms with Gasteiger partial charge < -0.3 is 71.8 Å². The number of carbonyl (C=O) groups is 2. The lowest BCUT2D eigenvalue weighted by molar-refractivity contribution is -0.142. The number of phenols is 3. The van der Waals surface area contributed by atoms with Gasteiger partial charge in [0.25, 0.3) is 0 Å². The summed E-state index contributed by atoms with van der Waals surface area (Å²) in [4.78, 5) is 34.4. The number of aliphatic hydroxyl groups excluding tert-OH is 4. The van der Waals surface area contributed by atoms with Crippen LogP contribution in [0.2, 0.25) is 0 Å². The van der Waals surface area contributed by atoms with Crippen molar-refractivity contribution >= 4 is 28.0 Å².